The molecule has 4 rings (SSSR count). The number of hydrogen-bond acceptors (Lipinski definition) is 5. The average Bonchev–Trinajstić information content (AvgIpc) is 3.17. The summed E-state index contributed by atoms with van der Waals surface area (Å²) in [5.74, 6) is -0.576. The van der Waals surface area contributed by atoms with Crippen LogP contribution >= 0.6 is 11.3 Å². The van der Waals surface area contributed by atoms with E-state index < -0.39 is 11.8 Å². The third-order valence-electron chi connectivity index (χ3n) is 5.40. The fourth-order valence-corrected chi connectivity index (χ4v) is 5.12. The molecule has 172 valence electrons. The molecule has 1 amide bonds. The van der Waals surface area contributed by atoms with E-state index in [4.69, 9.17) is 9.47 Å². The summed E-state index contributed by atoms with van der Waals surface area (Å²) in [4.78, 5) is 25.6. The number of aromatic carboxylic acids is 1. The van der Waals surface area contributed by atoms with Gasteiger partial charge >= 0.3 is 5.97 Å². The SMILES string of the molecule is COc1cc([C@H]2CC(=O)Nc3c2sc(C(=O)O)c3-c2ccc(F)cc2)ccc1OCC(C)C. The number of halogens is 1. The van der Waals surface area contributed by atoms with Gasteiger partial charge in [-0.2, -0.15) is 0 Å². The monoisotopic (exact) mass is 469 g/mol. The van der Waals surface area contributed by atoms with Crippen molar-refractivity contribution in [3.05, 3.63) is 63.6 Å². The van der Waals surface area contributed by atoms with E-state index in [0.717, 1.165) is 21.8 Å². The number of anilines is 1. The quantitative estimate of drug-likeness (QED) is 0.459. The van der Waals surface area contributed by atoms with Crippen LogP contribution in [0, 0.1) is 11.7 Å². The van der Waals surface area contributed by atoms with E-state index >= 15 is 0 Å². The summed E-state index contributed by atoms with van der Waals surface area (Å²) in [5, 5.41) is 12.7. The molecule has 0 radical (unpaired) electrons. The van der Waals surface area contributed by atoms with Crippen LogP contribution < -0.4 is 14.8 Å². The van der Waals surface area contributed by atoms with Gasteiger partial charge in [-0.25, -0.2) is 9.18 Å². The summed E-state index contributed by atoms with van der Waals surface area (Å²) in [6.45, 7) is 4.65. The fourth-order valence-electron chi connectivity index (χ4n) is 3.88. The minimum atomic E-state index is -1.10. The number of thiophene rings is 1. The molecule has 0 spiro atoms. The van der Waals surface area contributed by atoms with Crippen LogP contribution in [0.3, 0.4) is 0 Å². The number of carbonyl (C=O) groups excluding carboxylic acids is 1. The van der Waals surface area contributed by atoms with Crippen molar-refractivity contribution < 1.29 is 28.6 Å². The van der Waals surface area contributed by atoms with Crippen molar-refractivity contribution >= 4 is 28.9 Å². The number of rotatable bonds is 7. The maximum absolute atomic E-state index is 13.5. The van der Waals surface area contributed by atoms with Crippen LogP contribution in [-0.4, -0.2) is 30.7 Å². The summed E-state index contributed by atoms with van der Waals surface area (Å²) < 4.78 is 24.8. The number of fused-ring (bicyclic) bond motifs is 1. The van der Waals surface area contributed by atoms with Crippen molar-refractivity contribution in [3.63, 3.8) is 0 Å². The lowest BCUT2D eigenvalue weighted by Crippen LogP contribution is -2.22. The summed E-state index contributed by atoms with van der Waals surface area (Å²) >= 11 is 1.13. The van der Waals surface area contributed by atoms with Gasteiger partial charge < -0.3 is 19.9 Å². The highest BCUT2D eigenvalue weighted by Crippen LogP contribution is 2.50. The van der Waals surface area contributed by atoms with Crippen molar-refractivity contribution in [2.45, 2.75) is 26.2 Å². The largest absolute Gasteiger partial charge is 0.493 e. The van der Waals surface area contributed by atoms with Gasteiger partial charge in [-0.05, 0) is 41.3 Å². The van der Waals surface area contributed by atoms with Crippen LogP contribution in [0.2, 0.25) is 0 Å². The molecule has 3 aromatic rings. The molecule has 0 aliphatic carbocycles. The third-order valence-corrected chi connectivity index (χ3v) is 6.69. The van der Waals surface area contributed by atoms with E-state index in [1.54, 1.807) is 7.11 Å². The molecule has 1 aliphatic heterocycles. The zero-order valence-electron chi connectivity index (χ0n) is 18.5. The molecule has 0 fully saturated rings. The van der Waals surface area contributed by atoms with Gasteiger partial charge in [0.2, 0.25) is 5.91 Å². The Morgan fingerprint density at radius 3 is 2.58 bits per heavy atom. The van der Waals surface area contributed by atoms with Crippen LogP contribution in [0.4, 0.5) is 10.1 Å². The normalized spacial score (nSPS) is 15.2. The number of ether oxygens (including phenoxy) is 2. The van der Waals surface area contributed by atoms with Crippen molar-refractivity contribution in [2.75, 3.05) is 19.0 Å². The molecule has 6 nitrogen and oxygen atoms in total. The number of benzene rings is 2. The number of carbonyl (C=O) groups is 2. The van der Waals surface area contributed by atoms with Crippen LogP contribution in [0.15, 0.2) is 42.5 Å². The highest BCUT2D eigenvalue weighted by molar-refractivity contribution is 7.15. The first-order valence-corrected chi connectivity index (χ1v) is 11.4. The van der Waals surface area contributed by atoms with Gasteiger partial charge in [0.25, 0.3) is 0 Å². The minimum absolute atomic E-state index is 0.0997. The molecular formula is C25H24FNO5S. The molecule has 2 aromatic carbocycles. The Bertz CT molecular complexity index is 1200. The molecule has 0 saturated carbocycles. The van der Waals surface area contributed by atoms with E-state index in [1.165, 1.54) is 24.3 Å². The second-order valence-electron chi connectivity index (χ2n) is 8.28. The molecule has 1 aromatic heterocycles. The van der Waals surface area contributed by atoms with E-state index in [0.29, 0.717) is 40.8 Å². The number of hydrogen-bond donors (Lipinski definition) is 2. The first-order chi connectivity index (χ1) is 15.8. The molecule has 2 N–H and O–H groups in total. The zero-order chi connectivity index (χ0) is 23.7. The Morgan fingerprint density at radius 2 is 1.94 bits per heavy atom. The van der Waals surface area contributed by atoms with Gasteiger partial charge in [0.05, 0.1) is 19.4 Å². The Labute approximate surface area is 195 Å². The van der Waals surface area contributed by atoms with E-state index in [2.05, 4.69) is 19.2 Å². The molecule has 0 unspecified atom stereocenters. The molecular weight excluding hydrogens is 445 g/mol. The maximum atomic E-state index is 13.5. The highest BCUT2D eigenvalue weighted by atomic mass is 32.1. The average molecular weight is 470 g/mol. The standard InChI is InChI=1S/C25H24FNO5S/c1-13(2)12-32-18-9-6-15(10-19(18)31-3)17-11-20(28)27-22-21(14-4-7-16(26)8-5-14)24(25(29)30)33-23(17)22/h4-10,13,17H,11-12H2,1-3H3,(H,27,28)(H,29,30)/t17-/m1/s1. The lowest BCUT2D eigenvalue weighted by atomic mass is 9.88. The van der Waals surface area contributed by atoms with E-state index in [-0.39, 0.29) is 23.1 Å². The Hall–Kier alpha value is -3.39. The second kappa shape index (κ2) is 9.23. The second-order valence-corrected chi connectivity index (χ2v) is 9.33. The molecule has 2 heterocycles. The molecule has 1 aliphatic rings. The Balaban J connectivity index is 1.81. The predicted octanol–water partition coefficient (Wildman–Crippen LogP) is 5.77. The van der Waals surface area contributed by atoms with Crippen LogP contribution in [0.1, 0.15) is 46.3 Å². The van der Waals surface area contributed by atoms with Crippen LogP contribution in [0.25, 0.3) is 11.1 Å². The predicted molar refractivity (Wildman–Crippen MR) is 125 cm³/mol. The van der Waals surface area contributed by atoms with Gasteiger partial charge in [-0.3, -0.25) is 4.79 Å². The topological polar surface area (TPSA) is 84.9 Å². The van der Waals surface area contributed by atoms with Gasteiger partial charge in [-0.15, -0.1) is 11.3 Å². The van der Waals surface area contributed by atoms with Gasteiger partial charge in [0.1, 0.15) is 10.7 Å². The number of carboxylic acids is 1. The maximum Gasteiger partial charge on any atom is 0.346 e. The van der Waals surface area contributed by atoms with Crippen molar-refractivity contribution in [2.24, 2.45) is 5.92 Å². The van der Waals surface area contributed by atoms with Crippen molar-refractivity contribution in [3.8, 4) is 22.6 Å². The zero-order valence-corrected chi connectivity index (χ0v) is 19.3. The smallest absolute Gasteiger partial charge is 0.346 e. The lowest BCUT2D eigenvalue weighted by molar-refractivity contribution is -0.116. The summed E-state index contributed by atoms with van der Waals surface area (Å²) in [6, 6.07) is 11.1. The molecule has 0 saturated heterocycles. The van der Waals surface area contributed by atoms with Gasteiger partial charge in [0, 0.05) is 22.8 Å². The number of nitrogens with one attached hydrogen (secondary N) is 1. The van der Waals surface area contributed by atoms with Gasteiger partial charge in [-0.1, -0.05) is 32.0 Å². The number of amides is 1. The van der Waals surface area contributed by atoms with Crippen LogP contribution in [0.5, 0.6) is 11.5 Å². The van der Waals surface area contributed by atoms with Crippen LogP contribution in [-0.2, 0) is 4.79 Å². The number of methoxy groups -OCH3 is 1. The molecule has 1 atom stereocenters. The third kappa shape index (κ3) is 4.57. The van der Waals surface area contributed by atoms with Crippen molar-refractivity contribution in [1.82, 2.24) is 0 Å². The summed E-state index contributed by atoms with van der Waals surface area (Å²) in [5.41, 5.74) is 2.21. The summed E-state index contributed by atoms with van der Waals surface area (Å²) in [6.07, 6.45) is 0.171. The minimum Gasteiger partial charge on any atom is -0.493 e. The Kier molecular flexibility index (Phi) is 6.37. The first kappa shape index (κ1) is 22.8. The van der Waals surface area contributed by atoms with E-state index in [9.17, 15) is 19.1 Å². The Morgan fingerprint density at radius 1 is 1.21 bits per heavy atom. The lowest BCUT2D eigenvalue weighted by Gasteiger charge is -2.24. The molecule has 0 bridgehead atoms. The summed E-state index contributed by atoms with van der Waals surface area (Å²) in [7, 11) is 1.56. The van der Waals surface area contributed by atoms with Crippen molar-refractivity contribution in [1.29, 1.82) is 0 Å². The van der Waals surface area contributed by atoms with E-state index in [1.807, 2.05) is 18.2 Å². The molecule has 8 heteroatoms. The fraction of sp³-hybridized carbons (Fsp3) is 0.280. The highest BCUT2D eigenvalue weighted by Gasteiger charge is 2.34. The number of carboxylic acid groups (broad SMARTS) is 1. The van der Waals surface area contributed by atoms with Gasteiger partial charge in [0.15, 0.2) is 11.5 Å². The first-order valence-electron chi connectivity index (χ1n) is 10.5. The molecule has 33 heavy (non-hydrogen) atoms.